The van der Waals surface area contributed by atoms with Crippen LogP contribution in [-0.4, -0.2) is 6.04 Å². The first-order valence-corrected chi connectivity index (χ1v) is 7.80. The summed E-state index contributed by atoms with van der Waals surface area (Å²) in [7, 11) is 0. The van der Waals surface area contributed by atoms with E-state index in [2.05, 4.69) is 19.2 Å². The van der Waals surface area contributed by atoms with Crippen LogP contribution < -0.4 is 5.32 Å². The standard InChI is InChI=1S/C16H21ClF3N/c1-10(2)11-6-3-4-9-14(11)21-15-12(16(18,19)20)7-5-8-13(15)17/h5,7-8,10-11,14,21H,3-4,6,9H2,1-2H3. The molecule has 1 fully saturated rings. The molecule has 0 aliphatic heterocycles. The SMILES string of the molecule is CC(C)C1CCCCC1Nc1c(Cl)cccc1C(F)(F)F. The molecular formula is C16H21ClF3N. The van der Waals surface area contributed by atoms with E-state index < -0.39 is 11.7 Å². The van der Waals surface area contributed by atoms with Crippen molar-refractivity contribution in [3.63, 3.8) is 0 Å². The van der Waals surface area contributed by atoms with Crippen LogP contribution in [0.3, 0.4) is 0 Å². The second-order valence-corrected chi connectivity index (χ2v) is 6.51. The number of hydrogen-bond donors (Lipinski definition) is 1. The Morgan fingerprint density at radius 1 is 1.19 bits per heavy atom. The molecule has 0 amide bonds. The summed E-state index contributed by atoms with van der Waals surface area (Å²) in [6, 6.07) is 3.99. The molecule has 0 bridgehead atoms. The normalized spacial score (nSPS) is 23.4. The Balaban J connectivity index is 2.30. The quantitative estimate of drug-likeness (QED) is 0.722. The molecule has 0 saturated heterocycles. The molecule has 0 heterocycles. The summed E-state index contributed by atoms with van der Waals surface area (Å²) in [5.74, 6) is 0.829. The Morgan fingerprint density at radius 2 is 1.86 bits per heavy atom. The Bertz CT molecular complexity index is 485. The van der Waals surface area contributed by atoms with Crippen LogP contribution in [0.15, 0.2) is 18.2 Å². The van der Waals surface area contributed by atoms with Gasteiger partial charge in [0.05, 0.1) is 16.3 Å². The third-order valence-electron chi connectivity index (χ3n) is 4.32. The molecule has 21 heavy (non-hydrogen) atoms. The number of para-hydroxylation sites is 1. The first-order chi connectivity index (χ1) is 9.80. The topological polar surface area (TPSA) is 12.0 Å². The molecule has 0 spiro atoms. The summed E-state index contributed by atoms with van der Waals surface area (Å²) in [6.45, 7) is 4.25. The van der Waals surface area contributed by atoms with Gasteiger partial charge in [0.1, 0.15) is 0 Å². The largest absolute Gasteiger partial charge is 0.418 e. The van der Waals surface area contributed by atoms with Gasteiger partial charge in [-0.25, -0.2) is 0 Å². The third kappa shape index (κ3) is 3.85. The van der Waals surface area contributed by atoms with E-state index in [1.54, 1.807) is 0 Å². The molecule has 2 unspecified atom stereocenters. The summed E-state index contributed by atoms with van der Waals surface area (Å²) in [5.41, 5.74) is -0.646. The van der Waals surface area contributed by atoms with Gasteiger partial charge in [-0.05, 0) is 36.8 Å². The molecule has 1 aliphatic rings. The van der Waals surface area contributed by atoms with Crippen LogP contribution in [0.2, 0.25) is 5.02 Å². The zero-order chi connectivity index (χ0) is 15.6. The van der Waals surface area contributed by atoms with Gasteiger partial charge in [0, 0.05) is 6.04 Å². The van der Waals surface area contributed by atoms with Gasteiger partial charge in [-0.2, -0.15) is 13.2 Å². The highest BCUT2D eigenvalue weighted by molar-refractivity contribution is 6.33. The number of hydrogen-bond acceptors (Lipinski definition) is 1. The van der Waals surface area contributed by atoms with Gasteiger partial charge < -0.3 is 5.32 Å². The van der Waals surface area contributed by atoms with Gasteiger partial charge in [-0.1, -0.05) is 44.4 Å². The fourth-order valence-electron chi connectivity index (χ4n) is 3.23. The Kier molecular flexibility index (Phi) is 5.07. The van der Waals surface area contributed by atoms with Crippen molar-refractivity contribution in [2.45, 2.75) is 51.7 Å². The minimum absolute atomic E-state index is 0.0317. The van der Waals surface area contributed by atoms with Crippen molar-refractivity contribution in [1.82, 2.24) is 0 Å². The lowest BCUT2D eigenvalue weighted by molar-refractivity contribution is -0.137. The van der Waals surface area contributed by atoms with Crippen LogP contribution in [0, 0.1) is 11.8 Å². The lowest BCUT2D eigenvalue weighted by Crippen LogP contribution is -2.36. The van der Waals surface area contributed by atoms with Crippen molar-refractivity contribution in [2.75, 3.05) is 5.32 Å². The maximum atomic E-state index is 13.1. The number of nitrogens with one attached hydrogen (secondary N) is 1. The summed E-state index contributed by atoms with van der Waals surface area (Å²) in [6.07, 6.45) is -0.246. The molecule has 2 rings (SSSR count). The van der Waals surface area contributed by atoms with Gasteiger partial charge in [-0.3, -0.25) is 0 Å². The molecule has 1 nitrogen and oxygen atoms in total. The average molecular weight is 320 g/mol. The van der Waals surface area contributed by atoms with Crippen molar-refractivity contribution in [3.05, 3.63) is 28.8 Å². The van der Waals surface area contributed by atoms with Crippen LogP contribution in [0.4, 0.5) is 18.9 Å². The number of alkyl halides is 3. The highest BCUT2D eigenvalue weighted by Gasteiger charge is 2.36. The minimum Gasteiger partial charge on any atom is -0.380 e. The van der Waals surface area contributed by atoms with Gasteiger partial charge in [0.25, 0.3) is 0 Å². The van der Waals surface area contributed by atoms with Crippen molar-refractivity contribution in [3.8, 4) is 0 Å². The Hall–Kier alpha value is -0.900. The first kappa shape index (κ1) is 16.5. The van der Waals surface area contributed by atoms with Crippen molar-refractivity contribution in [1.29, 1.82) is 0 Å². The molecule has 0 radical (unpaired) electrons. The molecule has 1 aromatic carbocycles. The second-order valence-electron chi connectivity index (χ2n) is 6.10. The van der Waals surface area contributed by atoms with E-state index in [1.165, 1.54) is 12.1 Å². The average Bonchev–Trinajstić information content (AvgIpc) is 2.40. The lowest BCUT2D eigenvalue weighted by atomic mass is 9.77. The van der Waals surface area contributed by atoms with Gasteiger partial charge in [-0.15, -0.1) is 0 Å². The lowest BCUT2D eigenvalue weighted by Gasteiger charge is -2.36. The van der Waals surface area contributed by atoms with E-state index in [4.69, 9.17) is 11.6 Å². The van der Waals surface area contributed by atoms with Crippen LogP contribution >= 0.6 is 11.6 Å². The number of halogens is 4. The summed E-state index contributed by atoms with van der Waals surface area (Å²) in [4.78, 5) is 0. The summed E-state index contributed by atoms with van der Waals surface area (Å²) < 4.78 is 39.4. The number of benzene rings is 1. The molecule has 1 aliphatic carbocycles. The molecular weight excluding hydrogens is 299 g/mol. The maximum absolute atomic E-state index is 13.1. The van der Waals surface area contributed by atoms with Crippen molar-refractivity contribution in [2.24, 2.45) is 11.8 Å². The highest BCUT2D eigenvalue weighted by atomic mass is 35.5. The predicted molar refractivity (Wildman–Crippen MR) is 80.7 cm³/mol. The predicted octanol–water partition coefficient (Wildman–Crippen LogP) is 5.99. The number of rotatable bonds is 3. The molecule has 2 atom stereocenters. The third-order valence-corrected chi connectivity index (χ3v) is 4.64. The zero-order valence-electron chi connectivity index (χ0n) is 12.3. The monoisotopic (exact) mass is 319 g/mol. The van der Waals surface area contributed by atoms with E-state index in [0.717, 1.165) is 31.7 Å². The molecule has 1 aromatic rings. The van der Waals surface area contributed by atoms with Crippen LogP contribution in [-0.2, 0) is 6.18 Å². The summed E-state index contributed by atoms with van der Waals surface area (Å²) in [5, 5.41) is 3.24. The highest BCUT2D eigenvalue weighted by Crippen LogP contribution is 2.41. The Morgan fingerprint density at radius 3 is 2.48 bits per heavy atom. The zero-order valence-corrected chi connectivity index (χ0v) is 13.1. The van der Waals surface area contributed by atoms with E-state index in [1.807, 2.05) is 0 Å². The van der Waals surface area contributed by atoms with Crippen LogP contribution in [0.5, 0.6) is 0 Å². The molecule has 1 N–H and O–H groups in total. The van der Waals surface area contributed by atoms with Gasteiger partial charge in [0.2, 0.25) is 0 Å². The minimum atomic E-state index is -4.39. The van der Waals surface area contributed by atoms with Crippen LogP contribution in [0.1, 0.15) is 45.1 Å². The fourth-order valence-corrected chi connectivity index (χ4v) is 3.46. The maximum Gasteiger partial charge on any atom is 0.418 e. The number of anilines is 1. The molecule has 118 valence electrons. The van der Waals surface area contributed by atoms with Crippen LogP contribution in [0.25, 0.3) is 0 Å². The fraction of sp³-hybridized carbons (Fsp3) is 0.625. The Labute approximate surface area is 128 Å². The van der Waals surface area contributed by atoms with Gasteiger partial charge in [0.15, 0.2) is 0 Å². The molecule has 1 saturated carbocycles. The van der Waals surface area contributed by atoms with E-state index in [-0.39, 0.29) is 16.8 Å². The van der Waals surface area contributed by atoms with Gasteiger partial charge >= 0.3 is 6.18 Å². The second kappa shape index (κ2) is 6.47. The molecule has 5 heteroatoms. The van der Waals surface area contributed by atoms with Crippen molar-refractivity contribution >= 4 is 17.3 Å². The first-order valence-electron chi connectivity index (χ1n) is 7.43. The van der Waals surface area contributed by atoms with E-state index in [0.29, 0.717) is 11.8 Å². The smallest absolute Gasteiger partial charge is 0.380 e. The van der Waals surface area contributed by atoms with E-state index >= 15 is 0 Å². The van der Waals surface area contributed by atoms with Crippen molar-refractivity contribution < 1.29 is 13.2 Å². The summed E-state index contributed by atoms with van der Waals surface area (Å²) >= 11 is 6.02. The van der Waals surface area contributed by atoms with E-state index in [9.17, 15) is 13.2 Å². The molecule has 0 aromatic heterocycles.